The second-order valence-corrected chi connectivity index (χ2v) is 5.30. The fourth-order valence-electron chi connectivity index (χ4n) is 2.47. The van der Waals surface area contributed by atoms with Crippen LogP contribution in [0.4, 0.5) is 11.4 Å². The number of ether oxygens (including phenoxy) is 1. The van der Waals surface area contributed by atoms with Crippen molar-refractivity contribution >= 4 is 23.2 Å². The molecule has 1 N–H and O–H groups in total. The third-order valence-electron chi connectivity index (χ3n) is 3.76. The average Bonchev–Trinajstić information content (AvgIpc) is 3.22. The van der Waals surface area contributed by atoms with Gasteiger partial charge in [-0.2, -0.15) is 0 Å². The average molecular weight is 274 g/mol. The van der Waals surface area contributed by atoms with Crippen molar-refractivity contribution in [1.82, 2.24) is 0 Å². The Labute approximate surface area is 117 Å². The van der Waals surface area contributed by atoms with Gasteiger partial charge in [-0.3, -0.25) is 9.59 Å². The van der Waals surface area contributed by atoms with Crippen LogP contribution in [-0.2, 0) is 9.59 Å². The smallest absolute Gasteiger partial charge is 0.227 e. The Morgan fingerprint density at radius 2 is 2.20 bits per heavy atom. The first kappa shape index (κ1) is 13.0. The lowest BCUT2D eigenvalue weighted by molar-refractivity contribution is -0.118. The predicted octanol–water partition coefficient (Wildman–Crippen LogP) is 2.17. The Balaban J connectivity index is 1.81. The van der Waals surface area contributed by atoms with Crippen molar-refractivity contribution in [2.75, 3.05) is 23.9 Å². The fraction of sp³-hybridized carbons (Fsp3) is 0.467. The number of amides is 2. The summed E-state index contributed by atoms with van der Waals surface area (Å²) >= 11 is 0. The van der Waals surface area contributed by atoms with Crippen LogP contribution >= 0.6 is 0 Å². The molecular formula is C15H18N2O3. The van der Waals surface area contributed by atoms with E-state index in [9.17, 15) is 9.59 Å². The molecule has 1 heterocycles. The molecule has 5 heteroatoms. The molecule has 1 aliphatic heterocycles. The van der Waals surface area contributed by atoms with Gasteiger partial charge in [-0.15, -0.1) is 0 Å². The van der Waals surface area contributed by atoms with E-state index < -0.39 is 0 Å². The van der Waals surface area contributed by atoms with Gasteiger partial charge in [0.1, 0.15) is 5.75 Å². The van der Waals surface area contributed by atoms with Crippen molar-refractivity contribution in [3.8, 4) is 5.75 Å². The zero-order valence-electron chi connectivity index (χ0n) is 11.5. The summed E-state index contributed by atoms with van der Waals surface area (Å²) in [4.78, 5) is 25.3. The molecule has 0 bridgehead atoms. The number of rotatable bonds is 4. The Morgan fingerprint density at radius 1 is 1.40 bits per heavy atom. The Morgan fingerprint density at radius 3 is 2.80 bits per heavy atom. The minimum atomic E-state index is 0.0667. The summed E-state index contributed by atoms with van der Waals surface area (Å²) in [5, 5.41) is 2.89. The Bertz CT molecular complexity index is 552. The van der Waals surface area contributed by atoms with Crippen molar-refractivity contribution < 1.29 is 14.3 Å². The second-order valence-electron chi connectivity index (χ2n) is 5.30. The summed E-state index contributed by atoms with van der Waals surface area (Å²) in [5.74, 6) is 0.977. The summed E-state index contributed by atoms with van der Waals surface area (Å²) in [5.41, 5.74) is 1.49. The maximum Gasteiger partial charge on any atom is 0.227 e. The molecular weight excluding hydrogens is 256 g/mol. The van der Waals surface area contributed by atoms with Crippen LogP contribution in [0.3, 0.4) is 0 Å². The highest BCUT2D eigenvalue weighted by atomic mass is 16.5. The molecule has 106 valence electrons. The summed E-state index contributed by atoms with van der Waals surface area (Å²) in [6.45, 7) is 0.725. The number of nitrogens with zero attached hydrogens (tertiary/aromatic N) is 1. The quantitative estimate of drug-likeness (QED) is 0.915. The van der Waals surface area contributed by atoms with Crippen molar-refractivity contribution in [3.05, 3.63) is 18.2 Å². The first-order valence-corrected chi connectivity index (χ1v) is 6.98. The van der Waals surface area contributed by atoms with Gasteiger partial charge in [-0.1, -0.05) is 0 Å². The second kappa shape index (κ2) is 5.15. The van der Waals surface area contributed by atoms with E-state index in [1.54, 1.807) is 18.1 Å². The van der Waals surface area contributed by atoms with Crippen LogP contribution in [0.15, 0.2) is 18.2 Å². The van der Waals surface area contributed by atoms with E-state index >= 15 is 0 Å². The van der Waals surface area contributed by atoms with Crippen LogP contribution in [0.25, 0.3) is 0 Å². The standard InChI is InChI=1S/C15H18N2O3/c1-20-13-9-11(16-15(19)10-4-5-10)6-7-12(13)17-8-2-3-14(17)18/h6-7,9-10H,2-5,8H2,1H3,(H,16,19). The van der Waals surface area contributed by atoms with Crippen molar-refractivity contribution in [2.24, 2.45) is 5.92 Å². The van der Waals surface area contributed by atoms with Crippen molar-refractivity contribution in [2.45, 2.75) is 25.7 Å². The summed E-state index contributed by atoms with van der Waals surface area (Å²) in [6.07, 6.45) is 3.41. The lowest BCUT2D eigenvalue weighted by Crippen LogP contribution is -2.24. The summed E-state index contributed by atoms with van der Waals surface area (Å²) in [7, 11) is 1.58. The Hall–Kier alpha value is -2.04. The third kappa shape index (κ3) is 2.48. The third-order valence-corrected chi connectivity index (χ3v) is 3.76. The van der Waals surface area contributed by atoms with Gasteiger partial charge in [0.05, 0.1) is 12.8 Å². The van der Waals surface area contributed by atoms with Gasteiger partial charge in [0.2, 0.25) is 11.8 Å². The van der Waals surface area contributed by atoms with Gasteiger partial charge in [0.15, 0.2) is 0 Å². The van der Waals surface area contributed by atoms with Gasteiger partial charge in [0, 0.05) is 30.6 Å². The monoisotopic (exact) mass is 274 g/mol. The molecule has 1 aromatic rings. The number of methoxy groups -OCH3 is 1. The molecule has 2 fully saturated rings. The largest absolute Gasteiger partial charge is 0.494 e. The maximum atomic E-state index is 11.8. The van der Waals surface area contributed by atoms with Gasteiger partial charge in [-0.25, -0.2) is 0 Å². The minimum absolute atomic E-state index is 0.0667. The fourth-order valence-corrected chi connectivity index (χ4v) is 2.47. The molecule has 0 unspecified atom stereocenters. The van der Waals surface area contributed by atoms with E-state index in [2.05, 4.69) is 5.32 Å². The van der Waals surface area contributed by atoms with Crippen molar-refractivity contribution in [3.63, 3.8) is 0 Å². The van der Waals surface area contributed by atoms with Crippen LogP contribution in [0.5, 0.6) is 5.75 Å². The predicted molar refractivity (Wildman–Crippen MR) is 75.9 cm³/mol. The van der Waals surface area contributed by atoms with Crippen molar-refractivity contribution in [1.29, 1.82) is 0 Å². The van der Waals surface area contributed by atoms with E-state index in [0.717, 1.165) is 31.5 Å². The normalized spacial score (nSPS) is 18.2. The highest BCUT2D eigenvalue weighted by Gasteiger charge is 2.30. The summed E-state index contributed by atoms with van der Waals surface area (Å²) < 4.78 is 5.36. The number of hydrogen-bond donors (Lipinski definition) is 1. The van der Waals surface area contributed by atoms with Crippen LogP contribution < -0.4 is 15.0 Å². The first-order chi connectivity index (χ1) is 9.69. The number of nitrogens with one attached hydrogen (secondary N) is 1. The van der Waals surface area contributed by atoms with E-state index in [-0.39, 0.29) is 17.7 Å². The number of anilines is 2. The van der Waals surface area contributed by atoms with E-state index in [1.165, 1.54) is 0 Å². The molecule has 0 atom stereocenters. The van der Waals surface area contributed by atoms with E-state index in [0.29, 0.717) is 17.9 Å². The Kier molecular flexibility index (Phi) is 3.34. The molecule has 1 aromatic carbocycles. The molecule has 1 aliphatic carbocycles. The molecule has 2 amide bonds. The zero-order valence-corrected chi connectivity index (χ0v) is 11.5. The maximum absolute atomic E-state index is 11.8. The van der Waals surface area contributed by atoms with Crippen LogP contribution in [-0.4, -0.2) is 25.5 Å². The molecule has 2 aliphatic rings. The molecule has 1 saturated heterocycles. The molecule has 5 nitrogen and oxygen atoms in total. The summed E-state index contributed by atoms with van der Waals surface area (Å²) in [6, 6.07) is 5.44. The van der Waals surface area contributed by atoms with Gasteiger partial charge in [0.25, 0.3) is 0 Å². The molecule has 3 rings (SSSR count). The van der Waals surface area contributed by atoms with E-state index in [4.69, 9.17) is 4.74 Å². The first-order valence-electron chi connectivity index (χ1n) is 6.98. The highest BCUT2D eigenvalue weighted by molar-refractivity contribution is 5.98. The number of carbonyl (C=O) groups excluding carboxylic acids is 2. The molecule has 0 aromatic heterocycles. The zero-order chi connectivity index (χ0) is 14.1. The van der Waals surface area contributed by atoms with Gasteiger partial charge >= 0.3 is 0 Å². The molecule has 20 heavy (non-hydrogen) atoms. The lowest BCUT2D eigenvalue weighted by atomic mass is 10.2. The number of hydrogen-bond acceptors (Lipinski definition) is 3. The molecule has 0 radical (unpaired) electrons. The SMILES string of the molecule is COc1cc(NC(=O)C2CC2)ccc1N1CCCC1=O. The highest BCUT2D eigenvalue weighted by Crippen LogP contribution is 2.35. The van der Waals surface area contributed by atoms with Crippen LogP contribution in [0.1, 0.15) is 25.7 Å². The lowest BCUT2D eigenvalue weighted by Gasteiger charge is -2.19. The van der Waals surface area contributed by atoms with Gasteiger partial charge < -0.3 is 15.0 Å². The van der Waals surface area contributed by atoms with Gasteiger partial charge in [-0.05, 0) is 31.4 Å². The number of carbonyl (C=O) groups is 2. The van der Waals surface area contributed by atoms with Crippen LogP contribution in [0.2, 0.25) is 0 Å². The van der Waals surface area contributed by atoms with E-state index in [1.807, 2.05) is 12.1 Å². The topological polar surface area (TPSA) is 58.6 Å². The number of benzene rings is 1. The molecule has 1 saturated carbocycles. The molecule has 0 spiro atoms. The minimum Gasteiger partial charge on any atom is -0.494 e. The van der Waals surface area contributed by atoms with Crippen LogP contribution in [0, 0.1) is 5.92 Å².